The van der Waals surface area contributed by atoms with Crippen molar-refractivity contribution in [1.29, 1.82) is 0 Å². The number of isothiocyanates is 1. The second kappa shape index (κ2) is 24.9. The number of carboxylic acids is 4. The van der Waals surface area contributed by atoms with Gasteiger partial charge in [0.15, 0.2) is 0 Å². The quantitative estimate of drug-likeness (QED) is 0.275. The highest BCUT2D eigenvalue weighted by Gasteiger charge is 2.00. The van der Waals surface area contributed by atoms with E-state index in [1.54, 1.807) is 0 Å². The Morgan fingerprint density at radius 1 is 0.903 bits per heavy atom. The Bertz CT molecular complexity index is 626. The number of carbonyl (C=O) groups is 4. The summed E-state index contributed by atoms with van der Waals surface area (Å²) in [6, 6.07) is 7.97. The average molecular weight is 462 g/mol. The molecule has 0 aromatic heterocycles. The van der Waals surface area contributed by atoms with Gasteiger partial charge in [-0.3, -0.25) is 19.2 Å². The highest BCUT2D eigenvalue weighted by atomic mass is 32.1. The molecule has 0 aliphatic carbocycles. The van der Waals surface area contributed by atoms with E-state index in [1.807, 2.05) is 24.3 Å². The summed E-state index contributed by atoms with van der Waals surface area (Å²) in [6.45, 7) is 4.87. The number of nitrogens with zero attached hydrogens (tertiary/aromatic N) is 1. The molecule has 1 aromatic rings. The number of aliphatic imine (C=N–C) groups is 1. The third-order valence-electron chi connectivity index (χ3n) is 2.22. The molecular formula is C19H31N3O8S. The third kappa shape index (κ3) is 58.4. The van der Waals surface area contributed by atoms with Crippen molar-refractivity contribution in [2.75, 3.05) is 6.54 Å². The van der Waals surface area contributed by atoms with Crippen LogP contribution in [0.25, 0.3) is 0 Å². The molecule has 0 radical (unpaired) electrons. The molecule has 1 aromatic carbocycles. The molecule has 176 valence electrons. The molecule has 1 rings (SSSR count). The molecule has 1 unspecified atom stereocenters. The largest absolute Gasteiger partial charge is 0.481 e. The number of hydrogen-bond acceptors (Lipinski definition) is 8. The molecule has 0 spiro atoms. The van der Waals surface area contributed by atoms with Crippen molar-refractivity contribution in [3.8, 4) is 0 Å². The number of hydrogen-bond donors (Lipinski definition) is 6. The van der Waals surface area contributed by atoms with Crippen LogP contribution in [0.5, 0.6) is 0 Å². The van der Waals surface area contributed by atoms with Crippen LogP contribution in [-0.2, 0) is 25.6 Å². The van der Waals surface area contributed by atoms with Gasteiger partial charge in [0.1, 0.15) is 0 Å². The van der Waals surface area contributed by atoms with Crippen molar-refractivity contribution in [1.82, 2.24) is 0 Å². The van der Waals surface area contributed by atoms with Gasteiger partial charge in [-0.15, -0.1) is 0 Å². The lowest BCUT2D eigenvalue weighted by Crippen LogP contribution is -2.29. The van der Waals surface area contributed by atoms with Crippen LogP contribution in [-0.4, -0.2) is 62.1 Å². The van der Waals surface area contributed by atoms with Crippen LogP contribution in [0.2, 0.25) is 0 Å². The van der Waals surface area contributed by atoms with Gasteiger partial charge in [0.25, 0.3) is 23.9 Å². The maximum Gasteiger partial charge on any atom is 0.300 e. The summed E-state index contributed by atoms with van der Waals surface area (Å²) in [4.78, 5) is 39.9. The maximum absolute atomic E-state index is 9.00. The predicted octanol–water partition coefficient (Wildman–Crippen LogP) is 2.00. The van der Waals surface area contributed by atoms with E-state index in [0.29, 0.717) is 6.54 Å². The Labute approximate surface area is 186 Å². The summed E-state index contributed by atoms with van der Waals surface area (Å²) in [7, 11) is 0. The number of benzene rings is 1. The number of rotatable bonds is 5. The Balaban J connectivity index is -0.000000187. The fourth-order valence-electron chi connectivity index (χ4n) is 1.26. The molecule has 8 N–H and O–H groups in total. The number of aliphatic carboxylic acids is 4. The van der Waals surface area contributed by atoms with Crippen molar-refractivity contribution < 1.29 is 39.6 Å². The summed E-state index contributed by atoms with van der Waals surface area (Å²) in [5, 5.41) is 32.0. The van der Waals surface area contributed by atoms with Gasteiger partial charge < -0.3 is 31.9 Å². The van der Waals surface area contributed by atoms with Crippen LogP contribution in [0, 0.1) is 0 Å². The second-order valence-corrected chi connectivity index (χ2v) is 5.66. The predicted molar refractivity (Wildman–Crippen MR) is 120 cm³/mol. The molecule has 0 aliphatic rings. The van der Waals surface area contributed by atoms with Crippen molar-refractivity contribution in [2.45, 2.75) is 46.6 Å². The zero-order chi connectivity index (χ0) is 25.4. The van der Waals surface area contributed by atoms with Gasteiger partial charge in [-0.05, 0) is 42.8 Å². The van der Waals surface area contributed by atoms with Crippen molar-refractivity contribution in [3.63, 3.8) is 0 Å². The van der Waals surface area contributed by atoms with Crippen LogP contribution >= 0.6 is 12.2 Å². The van der Waals surface area contributed by atoms with Gasteiger partial charge in [0.2, 0.25) is 0 Å². The van der Waals surface area contributed by atoms with E-state index < -0.39 is 23.9 Å². The monoisotopic (exact) mass is 461 g/mol. The lowest BCUT2D eigenvalue weighted by atomic mass is 10.1. The summed E-state index contributed by atoms with van der Waals surface area (Å²) in [6.07, 6.45) is 1.85. The summed E-state index contributed by atoms with van der Waals surface area (Å²) in [5.41, 5.74) is 13.2. The molecule has 31 heavy (non-hydrogen) atoms. The summed E-state index contributed by atoms with van der Waals surface area (Å²) >= 11 is 4.52. The van der Waals surface area contributed by atoms with E-state index in [4.69, 9.17) is 51.1 Å². The lowest BCUT2D eigenvalue weighted by molar-refractivity contribution is -0.135. The first-order valence-electron chi connectivity index (χ1n) is 8.60. The van der Waals surface area contributed by atoms with Crippen molar-refractivity contribution >= 4 is 46.9 Å². The number of aryl methyl sites for hydroxylation is 1. The smallest absolute Gasteiger partial charge is 0.300 e. The van der Waals surface area contributed by atoms with Crippen LogP contribution < -0.4 is 11.5 Å². The minimum absolute atomic E-state index is 0.0867. The normalized spacial score (nSPS) is 8.97. The van der Waals surface area contributed by atoms with E-state index in [0.717, 1.165) is 46.2 Å². The van der Waals surface area contributed by atoms with E-state index in [2.05, 4.69) is 22.4 Å². The lowest BCUT2D eigenvalue weighted by Gasteiger charge is -2.07. The second-order valence-electron chi connectivity index (χ2n) is 5.48. The molecule has 0 saturated heterocycles. The Morgan fingerprint density at radius 2 is 1.23 bits per heavy atom. The fraction of sp³-hybridized carbons (Fsp3) is 0.421. The molecule has 11 nitrogen and oxygen atoms in total. The molecule has 0 saturated carbocycles. The van der Waals surface area contributed by atoms with Gasteiger partial charge in [-0.25, -0.2) is 0 Å². The van der Waals surface area contributed by atoms with Gasteiger partial charge in [-0.2, -0.15) is 4.99 Å². The molecule has 0 fully saturated rings. The average Bonchev–Trinajstić information content (AvgIpc) is 2.59. The SMILES string of the molecule is CC(=O)O.CC(=O)O.CC(=O)O.CC(=O)O.NCC(N)CCc1ccc(N=C=S)cc1. The number of thiocarbonyl (C=S) groups is 1. The highest BCUT2D eigenvalue weighted by Crippen LogP contribution is 2.13. The zero-order valence-corrected chi connectivity index (χ0v) is 18.8. The number of carboxylic acid groups (broad SMARTS) is 4. The van der Waals surface area contributed by atoms with Crippen LogP contribution in [0.4, 0.5) is 5.69 Å². The molecule has 0 aliphatic heterocycles. The molecular weight excluding hydrogens is 430 g/mol. The minimum Gasteiger partial charge on any atom is -0.481 e. The number of nitrogens with two attached hydrogens (primary N) is 2. The first-order chi connectivity index (χ1) is 14.2. The molecule has 1 atom stereocenters. The summed E-state index contributed by atoms with van der Waals surface area (Å²) in [5.74, 6) is -3.33. The zero-order valence-electron chi connectivity index (χ0n) is 17.9. The van der Waals surface area contributed by atoms with Gasteiger partial charge in [0, 0.05) is 40.3 Å². The van der Waals surface area contributed by atoms with Crippen LogP contribution in [0.15, 0.2) is 29.3 Å². The highest BCUT2D eigenvalue weighted by molar-refractivity contribution is 7.78. The first-order valence-corrected chi connectivity index (χ1v) is 9.00. The standard InChI is InChI=1S/C11H15N3S.4C2H4O2/c12-7-10(13)4-1-9-2-5-11(6-3-9)14-8-15;4*1-2(3)4/h2-3,5-6,10H,1,4,7,12-13H2;4*1H3,(H,3,4). The first kappa shape index (κ1) is 35.3. The Kier molecular flexibility index (Phi) is 28.3. The van der Waals surface area contributed by atoms with Gasteiger partial charge >= 0.3 is 0 Å². The molecule has 0 bridgehead atoms. The maximum atomic E-state index is 9.00. The fourth-order valence-corrected chi connectivity index (χ4v) is 1.37. The van der Waals surface area contributed by atoms with E-state index >= 15 is 0 Å². The Morgan fingerprint density at radius 3 is 1.48 bits per heavy atom. The molecule has 0 heterocycles. The topological polar surface area (TPSA) is 214 Å². The van der Waals surface area contributed by atoms with Crippen molar-refractivity contribution in [3.05, 3.63) is 29.8 Å². The molecule has 0 amide bonds. The van der Waals surface area contributed by atoms with Crippen molar-refractivity contribution in [2.24, 2.45) is 16.5 Å². The van der Waals surface area contributed by atoms with Gasteiger partial charge in [0.05, 0.1) is 10.8 Å². The molecule has 12 heteroatoms. The van der Waals surface area contributed by atoms with Crippen LogP contribution in [0.3, 0.4) is 0 Å². The van der Waals surface area contributed by atoms with Crippen LogP contribution in [0.1, 0.15) is 39.7 Å². The van der Waals surface area contributed by atoms with E-state index in [-0.39, 0.29) is 6.04 Å². The Hall–Kier alpha value is -3.18. The third-order valence-corrected chi connectivity index (χ3v) is 2.31. The van der Waals surface area contributed by atoms with Gasteiger partial charge in [-0.1, -0.05) is 12.1 Å². The van der Waals surface area contributed by atoms with E-state index in [9.17, 15) is 0 Å². The summed E-state index contributed by atoms with van der Waals surface area (Å²) < 4.78 is 0. The van der Waals surface area contributed by atoms with E-state index in [1.165, 1.54) is 5.56 Å². The minimum atomic E-state index is -0.833.